The second kappa shape index (κ2) is 5.61. The zero-order valence-electron chi connectivity index (χ0n) is 9.51. The molecular weight excluding hydrogens is 232 g/mol. The largest absolute Gasteiger partial charge is 0.397 e. The van der Waals surface area contributed by atoms with Crippen LogP contribution in [-0.2, 0) is 4.18 Å². The molecule has 0 aliphatic carbocycles. The van der Waals surface area contributed by atoms with Crippen LogP contribution in [0.2, 0.25) is 0 Å². The molecule has 3 N–H and O–H groups in total. The quantitative estimate of drug-likeness (QED) is 0.492. The SMILES string of the molecule is COSNc1ccc(-c2ccccc2)cc1N. The summed E-state index contributed by atoms with van der Waals surface area (Å²) in [7, 11) is 1.60. The molecular formula is C13H14N2OS. The van der Waals surface area contributed by atoms with Gasteiger partial charge in [-0.15, -0.1) is 0 Å². The van der Waals surface area contributed by atoms with Crippen molar-refractivity contribution in [2.75, 3.05) is 17.6 Å². The maximum Gasteiger partial charge on any atom is 0.111 e. The highest BCUT2D eigenvalue weighted by atomic mass is 32.2. The fourth-order valence-electron chi connectivity index (χ4n) is 1.55. The van der Waals surface area contributed by atoms with Gasteiger partial charge in [0.15, 0.2) is 0 Å². The Morgan fingerprint density at radius 3 is 2.47 bits per heavy atom. The second-order valence-electron chi connectivity index (χ2n) is 3.52. The van der Waals surface area contributed by atoms with E-state index in [1.54, 1.807) is 7.11 Å². The van der Waals surface area contributed by atoms with E-state index in [9.17, 15) is 0 Å². The first-order valence-electron chi connectivity index (χ1n) is 5.22. The Kier molecular flexibility index (Phi) is 3.90. The molecule has 0 bridgehead atoms. The topological polar surface area (TPSA) is 47.3 Å². The fourth-order valence-corrected chi connectivity index (χ4v) is 1.91. The predicted octanol–water partition coefficient (Wildman–Crippen LogP) is 3.56. The van der Waals surface area contributed by atoms with Gasteiger partial charge in [-0.3, -0.25) is 0 Å². The van der Waals surface area contributed by atoms with Gasteiger partial charge in [-0.2, -0.15) is 0 Å². The molecule has 0 saturated carbocycles. The summed E-state index contributed by atoms with van der Waals surface area (Å²) in [5.41, 5.74) is 9.80. The first-order chi connectivity index (χ1) is 8.31. The van der Waals surface area contributed by atoms with E-state index in [0.717, 1.165) is 29.0 Å². The molecule has 0 unspecified atom stereocenters. The lowest BCUT2D eigenvalue weighted by Gasteiger charge is -2.09. The third-order valence-electron chi connectivity index (χ3n) is 2.39. The van der Waals surface area contributed by atoms with E-state index >= 15 is 0 Å². The summed E-state index contributed by atoms with van der Waals surface area (Å²) >= 11 is 1.15. The van der Waals surface area contributed by atoms with Crippen molar-refractivity contribution in [3.63, 3.8) is 0 Å². The summed E-state index contributed by atoms with van der Waals surface area (Å²) in [6.45, 7) is 0. The number of nitrogens with two attached hydrogens (primary N) is 1. The molecule has 0 amide bonds. The zero-order valence-corrected chi connectivity index (χ0v) is 10.3. The molecule has 0 fully saturated rings. The number of hydrogen-bond acceptors (Lipinski definition) is 4. The average molecular weight is 246 g/mol. The molecule has 88 valence electrons. The van der Waals surface area contributed by atoms with Gasteiger partial charge < -0.3 is 14.6 Å². The predicted molar refractivity (Wildman–Crippen MR) is 74.5 cm³/mol. The Hall–Kier alpha value is -1.65. The molecule has 0 aromatic heterocycles. The van der Waals surface area contributed by atoms with Crippen molar-refractivity contribution < 1.29 is 4.18 Å². The van der Waals surface area contributed by atoms with E-state index in [4.69, 9.17) is 9.92 Å². The highest BCUT2D eigenvalue weighted by molar-refractivity contribution is 7.96. The van der Waals surface area contributed by atoms with E-state index in [0.29, 0.717) is 5.69 Å². The van der Waals surface area contributed by atoms with Crippen LogP contribution in [0.5, 0.6) is 0 Å². The fraction of sp³-hybridized carbons (Fsp3) is 0.0769. The van der Waals surface area contributed by atoms with Crippen LogP contribution < -0.4 is 10.5 Å². The van der Waals surface area contributed by atoms with Gasteiger partial charge in [0.25, 0.3) is 0 Å². The van der Waals surface area contributed by atoms with Crippen LogP contribution in [0.25, 0.3) is 11.1 Å². The maximum absolute atomic E-state index is 5.97. The van der Waals surface area contributed by atoms with Gasteiger partial charge in [0, 0.05) is 0 Å². The lowest BCUT2D eigenvalue weighted by Crippen LogP contribution is -1.94. The Morgan fingerprint density at radius 1 is 1.06 bits per heavy atom. The highest BCUT2D eigenvalue weighted by Crippen LogP contribution is 2.28. The van der Waals surface area contributed by atoms with Crippen molar-refractivity contribution in [2.45, 2.75) is 0 Å². The zero-order chi connectivity index (χ0) is 12.1. The van der Waals surface area contributed by atoms with Crippen molar-refractivity contribution in [1.82, 2.24) is 0 Å². The first kappa shape index (κ1) is 11.8. The maximum atomic E-state index is 5.97. The van der Waals surface area contributed by atoms with E-state index in [1.165, 1.54) is 0 Å². The Morgan fingerprint density at radius 2 is 1.82 bits per heavy atom. The number of anilines is 2. The van der Waals surface area contributed by atoms with Crippen LogP contribution in [0.1, 0.15) is 0 Å². The second-order valence-corrected chi connectivity index (χ2v) is 4.22. The normalized spacial score (nSPS) is 10.2. The molecule has 0 atom stereocenters. The van der Waals surface area contributed by atoms with Gasteiger partial charge in [0.05, 0.1) is 18.5 Å². The van der Waals surface area contributed by atoms with Gasteiger partial charge in [0.1, 0.15) is 12.2 Å². The highest BCUT2D eigenvalue weighted by Gasteiger charge is 2.02. The number of hydrogen-bond donors (Lipinski definition) is 2. The minimum atomic E-state index is 0.705. The van der Waals surface area contributed by atoms with Gasteiger partial charge in [-0.25, -0.2) is 0 Å². The van der Waals surface area contributed by atoms with Crippen LogP contribution in [0.15, 0.2) is 48.5 Å². The van der Waals surface area contributed by atoms with Gasteiger partial charge in [0.2, 0.25) is 0 Å². The van der Waals surface area contributed by atoms with Gasteiger partial charge in [-0.1, -0.05) is 36.4 Å². The van der Waals surface area contributed by atoms with E-state index in [1.807, 2.05) is 36.4 Å². The van der Waals surface area contributed by atoms with E-state index < -0.39 is 0 Å². The molecule has 2 rings (SSSR count). The molecule has 0 radical (unpaired) electrons. The lowest BCUT2D eigenvalue weighted by atomic mass is 10.0. The molecule has 0 spiro atoms. The van der Waals surface area contributed by atoms with Crippen molar-refractivity contribution in [2.24, 2.45) is 0 Å². The van der Waals surface area contributed by atoms with Crippen molar-refractivity contribution in [1.29, 1.82) is 0 Å². The van der Waals surface area contributed by atoms with Crippen LogP contribution >= 0.6 is 12.2 Å². The minimum Gasteiger partial charge on any atom is -0.397 e. The van der Waals surface area contributed by atoms with E-state index in [2.05, 4.69) is 16.9 Å². The summed E-state index contributed by atoms with van der Waals surface area (Å²) in [5.74, 6) is 0. The Balaban J connectivity index is 2.25. The number of rotatable bonds is 4. The smallest absolute Gasteiger partial charge is 0.111 e. The van der Waals surface area contributed by atoms with Crippen LogP contribution in [0, 0.1) is 0 Å². The van der Waals surface area contributed by atoms with Crippen molar-refractivity contribution >= 4 is 23.6 Å². The first-order valence-corrected chi connectivity index (χ1v) is 5.96. The summed E-state index contributed by atoms with van der Waals surface area (Å²) in [4.78, 5) is 0. The van der Waals surface area contributed by atoms with Crippen LogP contribution in [0.3, 0.4) is 0 Å². The number of nitrogens with one attached hydrogen (secondary N) is 1. The molecule has 3 nitrogen and oxygen atoms in total. The molecule has 2 aromatic rings. The van der Waals surface area contributed by atoms with Gasteiger partial charge >= 0.3 is 0 Å². The molecule has 0 aliphatic heterocycles. The Bertz CT molecular complexity index is 488. The van der Waals surface area contributed by atoms with Crippen LogP contribution in [0.4, 0.5) is 11.4 Å². The average Bonchev–Trinajstić information content (AvgIpc) is 2.38. The number of nitrogen functional groups attached to an aromatic ring is 1. The lowest BCUT2D eigenvalue weighted by molar-refractivity contribution is 0.492. The van der Waals surface area contributed by atoms with Gasteiger partial charge in [-0.05, 0) is 23.3 Å². The molecule has 0 saturated heterocycles. The summed E-state index contributed by atoms with van der Waals surface area (Å²) < 4.78 is 7.88. The molecule has 0 aliphatic rings. The molecule has 2 aromatic carbocycles. The van der Waals surface area contributed by atoms with Crippen molar-refractivity contribution in [3.05, 3.63) is 48.5 Å². The third kappa shape index (κ3) is 2.93. The summed E-state index contributed by atoms with van der Waals surface area (Å²) in [6, 6.07) is 16.1. The summed E-state index contributed by atoms with van der Waals surface area (Å²) in [5, 5.41) is 0. The number of benzene rings is 2. The molecule has 0 heterocycles. The molecule has 17 heavy (non-hydrogen) atoms. The van der Waals surface area contributed by atoms with E-state index in [-0.39, 0.29) is 0 Å². The summed E-state index contributed by atoms with van der Waals surface area (Å²) in [6.07, 6.45) is 0. The Labute approximate surface area is 105 Å². The monoisotopic (exact) mass is 246 g/mol. The standard InChI is InChI=1S/C13H14N2OS/c1-16-17-15-13-8-7-11(9-12(13)14)10-5-3-2-4-6-10/h2-9,15H,14H2,1H3. The molecule has 4 heteroatoms. The van der Waals surface area contributed by atoms with Crippen LogP contribution in [-0.4, -0.2) is 7.11 Å². The third-order valence-corrected chi connectivity index (χ3v) is 2.86. The minimum absolute atomic E-state index is 0.705. The van der Waals surface area contributed by atoms with Crippen molar-refractivity contribution in [3.8, 4) is 11.1 Å².